The van der Waals surface area contributed by atoms with Gasteiger partial charge in [-0.15, -0.1) is 10.2 Å². The molecule has 0 aliphatic carbocycles. The van der Waals surface area contributed by atoms with Gasteiger partial charge in [-0.2, -0.15) is 0 Å². The van der Waals surface area contributed by atoms with Crippen LogP contribution in [0, 0.1) is 0 Å². The first kappa shape index (κ1) is 14.2. The number of anilines is 1. The van der Waals surface area contributed by atoms with Crippen molar-refractivity contribution in [2.75, 3.05) is 18.1 Å². The van der Waals surface area contributed by atoms with Gasteiger partial charge in [-0.1, -0.05) is 42.8 Å². The molecule has 2 unspecified atom stereocenters. The molecular formula is C13H16ClN3OS. The number of aromatic nitrogens is 2. The number of benzene rings is 1. The van der Waals surface area contributed by atoms with Crippen molar-refractivity contribution in [2.24, 2.45) is 0 Å². The third-order valence-corrected chi connectivity index (χ3v) is 4.70. The molecule has 0 saturated heterocycles. The zero-order valence-corrected chi connectivity index (χ0v) is 12.5. The summed E-state index contributed by atoms with van der Waals surface area (Å²) in [4.78, 5) is 0. The van der Waals surface area contributed by atoms with Crippen LogP contribution in [0.4, 0.5) is 5.82 Å². The van der Waals surface area contributed by atoms with E-state index in [1.807, 2.05) is 31.2 Å². The van der Waals surface area contributed by atoms with Gasteiger partial charge in [0.05, 0.1) is 0 Å². The van der Waals surface area contributed by atoms with Crippen LogP contribution < -0.4 is 5.32 Å². The van der Waals surface area contributed by atoms with Crippen LogP contribution in [0.1, 0.15) is 13.3 Å². The summed E-state index contributed by atoms with van der Waals surface area (Å²) in [6, 6.07) is 7.73. The zero-order chi connectivity index (χ0) is 13.8. The van der Waals surface area contributed by atoms with Crippen LogP contribution in [0.3, 0.4) is 0 Å². The second-order valence-corrected chi connectivity index (χ2v) is 6.57. The molecule has 1 N–H and O–H groups in total. The first-order valence-electron chi connectivity index (χ1n) is 6.06. The summed E-state index contributed by atoms with van der Waals surface area (Å²) in [5.41, 5.74) is 0. The molecular weight excluding hydrogens is 282 g/mol. The van der Waals surface area contributed by atoms with Gasteiger partial charge in [-0.3, -0.25) is 4.21 Å². The minimum atomic E-state index is -0.796. The van der Waals surface area contributed by atoms with Crippen molar-refractivity contribution in [1.82, 2.24) is 10.2 Å². The van der Waals surface area contributed by atoms with E-state index in [1.165, 1.54) is 0 Å². The van der Waals surface area contributed by atoms with Crippen LogP contribution in [0.15, 0.2) is 24.3 Å². The predicted molar refractivity (Wildman–Crippen MR) is 81.2 cm³/mol. The molecule has 4 nitrogen and oxygen atoms in total. The van der Waals surface area contributed by atoms with E-state index in [1.54, 1.807) is 6.26 Å². The van der Waals surface area contributed by atoms with Crippen molar-refractivity contribution in [3.05, 3.63) is 29.4 Å². The van der Waals surface area contributed by atoms with Gasteiger partial charge in [0.25, 0.3) is 0 Å². The summed E-state index contributed by atoms with van der Waals surface area (Å²) in [6.45, 7) is 2.69. The molecule has 0 amide bonds. The fraction of sp³-hybridized carbons (Fsp3) is 0.385. The molecule has 6 heteroatoms. The third kappa shape index (κ3) is 3.42. The Kier molecular flexibility index (Phi) is 4.71. The van der Waals surface area contributed by atoms with Crippen LogP contribution in [0.2, 0.25) is 5.15 Å². The van der Waals surface area contributed by atoms with E-state index >= 15 is 0 Å². The molecule has 1 aromatic heterocycles. The Balaban J connectivity index is 2.13. The number of fused-ring (bicyclic) bond motifs is 1. The van der Waals surface area contributed by atoms with Crippen LogP contribution in [0.25, 0.3) is 10.8 Å². The highest BCUT2D eigenvalue weighted by Crippen LogP contribution is 2.25. The van der Waals surface area contributed by atoms with Crippen molar-refractivity contribution >= 4 is 39.0 Å². The maximum absolute atomic E-state index is 11.3. The lowest BCUT2D eigenvalue weighted by Gasteiger charge is -2.11. The third-order valence-electron chi connectivity index (χ3n) is 3.05. The SMILES string of the molecule is CC(CCNc1nnc(Cl)c2ccccc12)S(C)=O. The van der Waals surface area contributed by atoms with E-state index in [4.69, 9.17) is 11.6 Å². The molecule has 1 aromatic carbocycles. The van der Waals surface area contributed by atoms with Crippen LogP contribution in [-0.4, -0.2) is 32.5 Å². The molecule has 102 valence electrons. The van der Waals surface area contributed by atoms with Gasteiger partial charge < -0.3 is 5.32 Å². The van der Waals surface area contributed by atoms with Crippen molar-refractivity contribution in [1.29, 1.82) is 0 Å². The Morgan fingerprint density at radius 2 is 2.00 bits per heavy atom. The molecule has 0 aliphatic rings. The van der Waals surface area contributed by atoms with Crippen molar-refractivity contribution in [3.63, 3.8) is 0 Å². The van der Waals surface area contributed by atoms with Gasteiger partial charge in [0.1, 0.15) is 0 Å². The second kappa shape index (κ2) is 6.30. The molecule has 2 aromatic rings. The largest absolute Gasteiger partial charge is 0.368 e. The van der Waals surface area contributed by atoms with E-state index in [0.29, 0.717) is 17.5 Å². The molecule has 0 aliphatic heterocycles. The summed E-state index contributed by atoms with van der Waals surface area (Å²) in [7, 11) is -0.796. The molecule has 0 saturated carbocycles. The van der Waals surface area contributed by atoms with Gasteiger partial charge in [0.15, 0.2) is 11.0 Å². The smallest absolute Gasteiger partial charge is 0.159 e. The normalized spacial score (nSPS) is 14.3. The Labute approximate surface area is 120 Å². The van der Waals surface area contributed by atoms with Crippen molar-refractivity contribution in [2.45, 2.75) is 18.6 Å². The minimum absolute atomic E-state index is 0.166. The van der Waals surface area contributed by atoms with E-state index in [9.17, 15) is 4.21 Å². The maximum atomic E-state index is 11.3. The first-order valence-corrected chi connectivity index (χ1v) is 8.06. The summed E-state index contributed by atoms with van der Waals surface area (Å²) >= 11 is 6.01. The second-order valence-electron chi connectivity index (χ2n) is 4.41. The fourth-order valence-electron chi connectivity index (χ4n) is 1.76. The monoisotopic (exact) mass is 297 g/mol. The maximum Gasteiger partial charge on any atom is 0.159 e. The van der Waals surface area contributed by atoms with Gasteiger partial charge >= 0.3 is 0 Å². The lowest BCUT2D eigenvalue weighted by molar-refractivity contribution is 0.672. The van der Waals surface area contributed by atoms with Crippen molar-refractivity contribution < 1.29 is 4.21 Å². The Morgan fingerprint density at radius 1 is 1.32 bits per heavy atom. The van der Waals surface area contributed by atoms with Crippen LogP contribution in [0.5, 0.6) is 0 Å². The zero-order valence-electron chi connectivity index (χ0n) is 10.9. The summed E-state index contributed by atoms with van der Waals surface area (Å²) in [5.74, 6) is 0.717. The number of nitrogens with one attached hydrogen (secondary N) is 1. The fourth-order valence-corrected chi connectivity index (χ4v) is 2.41. The van der Waals surface area contributed by atoms with Crippen LogP contribution in [-0.2, 0) is 10.8 Å². The molecule has 0 bridgehead atoms. The Hall–Kier alpha value is -1.20. The number of nitrogens with zero attached hydrogens (tertiary/aromatic N) is 2. The van der Waals surface area contributed by atoms with Gasteiger partial charge in [-0.25, -0.2) is 0 Å². The molecule has 0 fully saturated rings. The highest BCUT2D eigenvalue weighted by molar-refractivity contribution is 7.84. The Bertz CT molecular complexity index is 605. The Morgan fingerprint density at radius 3 is 2.68 bits per heavy atom. The summed E-state index contributed by atoms with van der Waals surface area (Å²) in [6.07, 6.45) is 2.55. The minimum Gasteiger partial charge on any atom is -0.368 e. The number of hydrogen-bond acceptors (Lipinski definition) is 4. The van der Waals surface area contributed by atoms with E-state index in [2.05, 4.69) is 15.5 Å². The predicted octanol–water partition coefficient (Wildman–Crippen LogP) is 2.85. The van der Waals surface area contributed by atoms with E-state index in [-0.39, 0.29) is 5.25 Å². The molecule has 2 atom stereocenters. The quantitative estimate of drug-likeness (QED) is 0.922. The molecule has 19 heavy (non-hydrogen) atoms. The van der Waals surface area contributed by atoms with Gasteiger partial charge in [0.2, 0.25) is 0 Å². The summed E-state index contributed by atoms with van der Waals surface area (Å²) < 4.78 is 11.3. The molecule has 0 spiro atoms. The number of halogens is 1. The topological polar surface area (TPSA) is 54.9 Å². The molecule has 0 radical (unpaired) electrons. The van der Waals surface area contributed by atoms with E-state index in [0.717, 1.165) is 17.2 Å². The van der Waals surface area contributed by atoms with E-state index < -0.39 is 10.8 Å². The van der Waals surface area contributed by atoms with Crippen LogP contribution >= 0.6 is 11.6 Å². The number of rotatable bonds is 5. The first-order chi connectivity index (χ1) is 9.09. The summed E-state index contributed by atoms with van der Waals surface area (Å²) in [5, 5.41) is 13.7. The average Bonchev–Trinajstić information content (AvgIpc) is 2.41. The van der Waals surface area contributed by atoms with Gasteiger partial charge in [0, 0.05) is 39.6 Å². The average molecular weight is 298 g/mol. The lowest BCUT2D eigenvalue weighted by atomic mass is 10.2. The molecule has 1 heterocycles. The number of hydrogen-bond donors (Lipinski definition) is 1. The standard InChI is InChI=1S/C13H16ClN3OS/c1-9(19(2)18)7-8-15-13-11-6-4-3-5-10(11)12(14)16-17-13/h3-6,9H,7-8H2,1-2H3,(H,15,17). The van der Waals surface area contributed by atoms with Crippen molar-refractivity contribution in [3.8, 4) is 0 Å². The lowest BCUT2D eigenvalue weighted by Crippen LogP contribution is -2.15. The highest BCUT2D eigenvalue weighted by Gasteiger charge is 2.09. The molecule has 2 rings (SSSR count). The van der Waals surface area contributed by atoms with Gasteiger partial charge in [-0.05, 0) is 6.42 Å². The highest BCUT2D eigenvalue weighted by atomic mass is 35.5.